The minimum absolute atomic E-state index is 0.0758. The van der Waals surface area contributed by atoms with E-state index in [0.29, 0.717) is 26.1 Å². The average Bonchev–Trinajstić information content (AvgIpc) is 3.00. The number of urea groups is 1. The van der Waals surface area contributed by atoms with E-state index in [2.05, 4.69) is 28.8 Å². The first-order valence-electron chi connectivity index (χ1n) is 12.2. The summed E-state index contributed by atoms with van der Waals surface area (Å²) in [6.45, 7) is 2.57. The van der Waals surface area contributed by atoms with Crippen LogP contribution in [-0.4, -0.2) is 60.7 Å². The molecule has 2 aromatic rings. The number of aromatic nitrogens is 1. The van der Waals surface area contributed by atoms with E-state index in [9.17, 15) is 14.7 Å². The molecule has 3 heterocycles. The molecule has 2 amide bonds. The van der Waals surface area contributed by atoms with Gasteiger partial charge in [-0.2, -0.15) is 0 Å². The van der Waals surface area contributed by atoms with E-state index >= 15 is 0 Å². The van der Waals surface area contributed by atoms with E-state index in [1.807, 2.05) is 31.1 Å². The predicted molar refractivity (Wildman–Crippen MR) is 134 cm³/mol. The summed E-state index contributed by atoms with van der Waals surface area (Å²) in [7, 11) is 3.95. The first kappa shape index (κ1) is 23.9. The highest BCUT2D eigenvalue weighted by molar-refractivity contribution is 5.74. The van der Waals surface area contributed by atoms with E-state index in [-0.39, 0.29) is 18.4 Å². The fourth-order valence-corrected chi connectivity index (χ4v) is 4.84. The first-order valence-corrected chi connectivity index (χ1v) is 12.2. The molecule has 8 nitrogen and oxygen atoms in total. The van der Waals surface area contributed by atoms with Crippen molar-refractivity contribution < 1.29 is 14.7 Å². The van der Waals surface area contributed by atoms with Gasteiger partial charge in [0.15, 0.2) is 0 Å². The average molecular weight is 466 g/mol. The van der Waals surface area contributed by atoms with Crippen LogP contribution in [-0.2, 0) is 24.2 Å². The number of aliphatic carboxylic acids is 1. The Morgan fingerprint density at radius 1 is 1.24 bits per heavy atom. The highest BCUT2D eigenvalue weighted by Gasteiger charge is 2.27. The molecule has 2 aliphatic rings. The van der Waals surface area contributed by atoms with Gasteiger partial charge >= 0.3 is 12.0 Å². The van der Waals surface area contributed by atoms with Crippen LogP contribution in [0.3, 0.4) is 0 Å². The van der Waals surface area contributed by atoms with E-state index in [1.165, 1.54) is 5.56 Å². The van der Waals surface area contributed by atoms with Crippen LogP contribution >= 0.6 is 0 Å². The normalized spacial score (nSPS) is 17.1. The van der Waals surface area contributed by atoms with Gasteiger partial charge in [-0.15, -0.1) is 0 Å². The molecule has 3 N–H and O–H groups in total. The molecule has 0 spiro atoms. The van der Waals surface area contributed by atoms with E-state index in [1.54, 1.807) is 4.90 Å². The summed E-state index contributed by atoms with van der Waals surface area (Å²) in [4.78, 5) is 33.0. The van der Waals surface area contributed by atoms with E-state index < -0.39 is 5.97 Å². The summed E-state index contributed by atoms with van der Waals surface area (Å²) in [5, 5.41) is 15.8. The topological polar surface area (TPSA) is 97.8 Å². The van der Waals surface area contributed by atoms with E-state index in [4.69, 9.17) is 4.98 Å². The number of nitrogens with zero attached hydrogens (tertiary/aromatic N) is 3. The first-order chi connectivity index (χ1) is 16.4. The van der Waals surface area contributed by atoms with Crippen LogP contribution in [0.25, 0.3) is 0 Å². The lowest BCUT2D eigenvalue weighted by molar-refractivity contribution is -0.137. The number of carboxylic acids is 1. The van der Waals surface area contributed by atoms with Gasteiger partial charge in [0.1, 0.15) is 5.82 Å². The minimum Gasteiger partial charge on any atom is -0.481 e. The predicted octanol–water partition coefficient (Wildman–Crippen LogP) is 3.61. The largest absolute Gasteiger partial charge is 0.481 e. The molecule has 0 saturated carbocycles. The number of carbonyl (C=O) groups is 2. The van der Waals surface area contributed by atoms with Crippen molar-refractivity contribution in [2.75, 3.05) is 43.9 Å². The molecule has 0 radical (unpaired) electrons. The lowest BCUT2D eigenvalue weighted by Gasteiger charge is -2.22. The SMILES string of the molecule is CN(C)c1ccc2c(c1)CN(C(=O)NCCCc1ccc3c(n1)NCCC3)CCC2CC(=O)O. The van der Waals surface area contributed by atoms with Crippen molar-refractivity contribution in [3.63, 3.8) is 0 Å². The summed E-state index contributed by atoms with van der Waals surface area (Å²) in [5.74, 6) is 0.103. The van der Waals surface area contributed by atoms with Gasteiger partial charge in [-0.3, -0.25) is 4.79 Å². The number of rotatable bonds is 7. The number of hydrogen-bond donors (Lipinski definition) is 3. The molecular weight excluding hydrogens is 430 g/mol. The third kappa shape index (κ3) is 5.79. The maximum atomic E-state index is 13.0. The van der Waals surface area contributed by atoms with Crippen LogP contribution in [0.5, 0.6) is 0 Å². The Morgan fingerprint density at radius 2 is 2.09 bits per heavy atom. The Balaban J connectivity index is 1.35. The molecule has 182 valence electrons. The molecule has 2 aliphatic heterocycles. The molecule has 1 unspecified atom stereocenters. The van der Waals surface area contributed by atoms with Crippen molar-refractivity contribution in [2.24, 2.45) is 0 Å². The molecular formula is C26H35N5O3. The van der Waals surface area contributed by atoms with Crippen molar-refractivity contribution in [1.29, 1.82) is 0 Å². The van der Waals surface area contributed by atoms with Crippen molar-refractivity contribution in [2.45, 2.75) is 51.0 Å². The number of amides is 2. The van der Waals surface area contributed by atoms with Crippen LogP contribution in [0.4, 0.5) is 16.3 Å². The molecule has 1 aromatic heterocycles. The van der Waals surface area contributed by atoms with Gasteiger partial charge < -0.3 is 25.5 Å². The Kier molecular flexibility index (Phi) is 7.55. The Hall–Kier alpha value is -3.29. The Bertz CT molecular complexity index is 1040. The van der Waals surface area contributed by atoms with Crippen LogP contribution in [0.15, 0.2) is 30.3 Å². The zero-order chi connectivity index (χ0) is 24.1. The van der Waals surface area contributed by atoms with Gasteiger partial charge in [-0.25, -0.2) is 9.78 Å². The summed E-state index contributed by atoms with van der Waals surface area (Å²) in [6.07, 6.45) is 4.56. The van der Waals surface area contributed by atoms with Crippen LogP contribution in [0, 0.1) is 0 Å². The highest BCUT2D eigenvalue weighted by Crippen LogP contribution is 2.33. The Morgan fingerprint density at radius 3 is 2.88 bits per heavy atom. The number of anilines is 2. The minimum atomic E-state index is -0.809. The Labute approximate surface area is 201 Å². The zero-order valence-corrected chi connectivity index (χ0v) is 20.1. The van der Waals surface area contributed by atoms with Gasteiger partial charge in [0, 0.05) is 51.7 Å². The molecule has 4 rings (SSSR count). The molecule has 0 saturated heterocycles. The van der Waals surface area contributed by atoms with Crippen molar-refractivity contribution in [1.82, 2.24) is 15.2 Å². The smallest absolute Gasteiger partial charge is 0.317 e. The van der Waals surface area contributed by atoms with Crippen molar-refractivity contribution in [3.8, 4) is 0 Å². The summed E-state index contributed by atoms with van der Waals surface area (Å²) in [6, 6.07) is 10.3. The number of benzene rings is 1. The number of carbonyl (C=O) groups excluding carboxylic acids is 1. The second-order valence-corrected chi connectivity index (χ2v) is 9.46. The van der Waals surface area contributed by atoms with Gasteiger partial charge in [0.05, 0.1) is 6.42 Å². The van der Waals surface area contributed by atoms with Crippen LogP contribution in [0.1, 0.15) is 54.0 Å². The van der Waals surface area contributed by atoms with Crippen LogP contribution < -0.4 is 15.5 Å². The number of carboxylic acid groups (broad SMARTS) is 1. The molecule has 34 heavy (non-hydrogen) atoms. The molecule has 1 aromatic carbocycles. The molecule has 1 atom stereocenters. The van der Waals surface area contributed by atoms with Crippen molar-refractivity contribution >= 4 is 23.5 Å². The lowest BCUT2D eigenvalue weighted by atomic mass is 9.89. The fourth-order valence-electron chi connectivity index (χ4n) is 4.84. The number of hydrogen-bond acceptors (Lipinski definition) is 5. The fraction of sp³-hybridized carbons (Fsp3) is 0.500. The third-order valence-electron chi connectivity index (χ3n) is 6.74. The standard InChI is InChI=1S/C26H35N5O3/c1-30(2)22-9-10-23-19(16-24(32)33)11-14-31(17-20(23)15-22)26(34)28-13-4-6-21-8-7-18-5-3-12-27-25(18)29-21/h7-10,15,19H,3-6,11-14,16-17H2,1-2H3,(H,27,29)(H,28,34)(H,32,33). The second-order valence-electron chi connectivity index (χ2n) is 9.46. The number of aryl methyl sites for hydroxylation is 2. The molecule has 0 bridgehead atoms. The van der Waals surface area contributed by atoms with Gasteiger partial charge in [-0.1, -0.05) is 12.1 Å². The monoisotopic (exact) mass is 465 g/mol. The maximum Gasteiger partial charge on any atom is 0.317 e. The quantitative estimate of drug-likeness (QED) is 0.541. The second kappa shape index (κ2) is 10.8. The van der Waals surface area contributed by atoms with Gasteiger partial charge in [0.25, 0.3) is 0 Å². The van der Waals surface area contributed by atoms with Crippen LogP contribution in [0.2, 0.25) is 0 Å². The highest BCUT2D eigenvalue weighted by atomic mass is 16.4. The maximum absolute atomic E-state index is 13.0. The number of nitrogens with one attached hydrogen (secondary N) is 2. The molecule has 0 aliphatic carbocycles. The summed E-state index contributed by atoms with van der Waals surface area (Å²) >= 11 is 0. The lowest BCUT2D eigenvalue weighted by Crippen LogP contribution is -2.40. The van der Waals surface area contributed by atoms with Gasteiger partial charge in [0.2, 0.25) is 0 Å². The summed E-state index contributed by atoms with van der Waals surface area (Å²) < 4.78 is 0. The van der Waals surface area contributed by atoms with Gasteiger partial charge in [-0.05, 0) is 72.9 Å². The van der Waals surface area contributed by atoms with E-state index in [0.717, 1.165) is 60.6 Å². The third-order valence-corrected chi connectivity index (χ3v) is 6.74. The number of pyridine rings is 1. The molecule has 0 fully saturated rings. The zero-order valence-electron chi connectivity index (χ0n) is 20.1. The molecule has 8 heteroatoms. The summed E-state index contributed by atoms with van der Waals surface area (Å²) in [5.41, 5.74) is 5.43. The van der Waals surface area contributed by atoms with Crippen molar-refractivity contribution in [3.05, 3.63) is 52.7 Å². The number of fused-ring (bicyclic) bond motifs is 2.